The van der Waals surface area contributed by atoms with Crippen LogP contribution in [0.1, 0.15) is 49.8 Å². The number of nitrogens with one attached hydrogen (secondary N) is 1. The van der Waals surface area contributed by atoms with Gasteiger partial charge >= 0.3 is 0 Å². The van der Waals surface area contributed by atoms with Crippen molar-refractivity contribution in [3.8, 4) is 10.6 Å². The Morgan fingerprint density at radius 2 is 1.66 bits per heavy atom. The lowest BCUT2D eigenvalue weighted by atomic mass is 9.88. The van der Waals surface area contributed by atoms with E-state index in [1.54, 1.807) is 11.3 Å². The molecule has 0 radical (unpaired) electrons. The number of hydrogen-bond acceptors (Lipinski definition) is 8. The van der Waals surface area contributed by atoms with E-state index in [4.69, 9.17) is 20.2 Å². The highest BCUT2D eigenvalue weighted by atomic mass is 32.1. The predicted molar refractivity (Wildman–Crippen MR) is 189 cm³/mol. The van der Waals surface area contributed by atoms with Gasteiger partial charge in [-0.1, -0.05) is 74.5 Å². The number of aromatic nitrogens is 1. The van der Waals surface area contributed by atoms with Crippen LogP contribution >= 0.6 is 11.3 Å². The topological polar surface area (TPSA) is 124 Å². The Hall–Kier alpha value is -3.47. The van der Waals surface area contributed by atoms with Crippen molar-refractivity contribution in [2.45, 2.75) is 65.0 Å². The van der Waals surface area contributed by atoms with Crippen molar-refractivity contribution >= 4 is 33.2 Å². The normalized spacial score (nSPS) is 13.5. The van der Waals surface area contributed by atoms with Crippen LogP contribution in [-0.2, 0) is 31.9 Å². The van der Waals surface area contributed by atoms with E-state index < -0.39 is 23.8 Å². The van der Waals surface area contributed by atoms with Gasteiger partial charge in [0.05, 0.1) is 30.0 Å². The third-order valence-corrected chi connectivity index (χ3v) is 9.11. The molecule has 0 aliphatic carbocycles. The molecule has 0 aliphatic rings. The van der Waals surface area contributed by atoms with Gasteiger partial charge < -0.3 is 25.6 Å². The summed E-state index contributed by atoms with van der Waals surface area (Å²) < 4.78 is 12.6. The summed E-state index contributed by atoms with van der Waals surface area (Å²) in [5, 5.41) is 14.5. The summed E-state index contributed by atoms with van der Waals surface area (Å²) in [6.45, 7) is 8.36. The van der Waals surface area contributed by atoms with E-state index in [1.807, 2.05) is 44.2 Å². The summed E-state index contributed by atoms with van der Waals surface area (Å²) in [5.74, 6) is -0.925. The molecule has 0 aliphatic heterocycles. The molecule has 0 saturated carbocycles. The lowest BCUT2D eigenvalue weighted by Gasteiger charge is -2.22. The Morgan fingerprint density at radius 3 is 2.38 bits per heavy atom. The second-order valence-corrected chi connectivity index (χ2v) is 13.6. The Morgan fingerprint density at radius 1 is 0.936 bits per heavy atom. The van der Waals surface area contributed by atoms with Crippen molar-refractivity contribution in [3.63, 3.8) is 0 Å². The zero-order chi connectivity index (χ0) is 33.6. The quantitative estimate of drug-likeness (QED) is 0.101. The summed E-state index contributed by atoms with van der Waals surface area (Å²) in [6, 6.07) is 23.7. The number of aliphatic hydroxyl groups excluding tert-OH is 1. The van der Waals surface area contributed by atoms with Crippen LogP contribution in [0.2, 0.25) is 0 Å². The van der Waals surface area contributed by atoms with Gasteiger partial charge in [0, 0.05) is 37.1 Å². The number of ether oxygens (including phenoxy) is 2. The minimum Gasteiger partial charge on any atom is -0.384 e. The SMILES string of the molecule is Cc1ccc2nc(-c3ccc(CCCOCCOCCNC(=O)[C@@H](CC(=O)[C@@H](O)[C@H](N)Cc4ccccc4)CC(C)C)cc3)sc2c1. The molecule has 1 aromatic heterocycles. The monoisotopic (exact) mass is 659 g/mol. The largest absolute Gasteiger partial charge is 0.384 e. The average molecular weight is 660 g/mol. The maximum Gasteiger partial charge on any atom is 0.223 e. The number of fused-ring (bicyclic) bond motifs is 1. The first-order chi connectivity index (χ1) is 22.7. The molecule has 0 fully saturated rings. The summed E-state index contributed by atoms with van der Waals surface area (Å²) in [6.07, 6.45) is 1.41. The zero-order valence-corrected chi connectivity index (χ0v) is 28.6. The summed E-state index contributed by atoms with van der Waals surface area (Å²) in [4.78, 5) is 30.5. The number of thiazole rings is 1. The van der Waals surface area contributed by atoms with Crippen LogP contribution < -0.4 is 11.1 Å². The van der Waals surface area contributed by atoms with Gasteiger partial charge in [-0.2, -0.15) is 0 Å². The zero-order valence-electron chi connectivity index (χ0n) is 27.8. The van der Waals surface area contributed by atoms with E-state index in [2.05, 4.69) is 54.7 Å². The fourth-order valence-electron chi connectivity index (χ4n) is 5.51. The number of nitrogens with zero attached hydrogens (tertiary/aromatic N) is 1. The Bertz CT molecular complexity index is 1540. The second kappa shape index (κ2) is 18.8. The highest BCUT2D eigenvalue weighted by molar-refractivity contribution is 7.21. The van der Waals surface area contributed by atoms with E-state index >= 15 is 0 Å². The van der Waals surface area contributed by atoms with Crippen LogP contribution in [0.3, 0.4) is 0 Å². The van der Waals surface area contributed by atoms with E-state index in [9.17, 15) is 14.7 Å². The average Bonchev–Trinajstić information content (AvgIpc) is 3.48. The number of ketones is 1. The molecule has 1 heterocycles. The number of carbonyl (C=O) groups excluding carboxylic acids is 2. The summed E-state index contributed by atoms with van der Waals surface area (Å²) in [5.41, 5.74) is 11.8. The van der Waals surface area contributed by atoms with Gasteiger partial charge in [0.1, 0.15) is 11.1 Å². The third kappa shape index (κ3) is 11.9. The lowest BCUT2D eigenvalue weighted by Crippen LogP contribution is -2.44. The molecular formula is C38H49N3O5S. The molecule has 3 atom stereocenters. The molecule has 4 N–H and O–H groups in total. The summed E-state index contributed by atoms with van der Waals surface area (Å²) in [7, 11) is 0. The number of aryl methyl sites for hydroxylation is 2. The smallest absolute Gasteiger partial charge is 0.223 e. The van der Waals surface area contributed by atoms with Gasteiger partial charge in [-0.3, -0.25) is 9.59 Å². The fourth-order valence-corrected chi connectivity index (χ4v) is 6.58. The lowest BCUT2D eigenvalue weighted by molar-refractivity contribution is -0.134. The van der Waals surface area contributed by atoms with Crippen LogP contribution in [0.4, 0.5) is 0 Å². The van der Waals surface area contributed by atoms with E-state index in [0.29, 0.717) is 45.8 Å². The number of carbonyl (C=O) groups is 2. The minimum absolute atomic E-state index is 0.0462. The highest BCUT2D eigenvalue weighted by Gasteiger charge is 2.29. The molecule has 0 bridgehead atoms. The number of nitrogens with two attached hydrogens (primary N) is 1. The Kier molecular flexibility index (Phi) is 14.5. The molecule has 1 amide bonds. The Labute approximate surface area is 282 Å². The number of aliphatic hydroxyl groups is 1. The van der Waals surface area contributed by atoms with Gasteiger partial charge in [0.15, 0.2) is 5.78 Å². The number of Topliss-reactive ketones (excluding diaryl/α,β-unsaturated/α-hetero) is 1. The molecule has 8 nitrogen and oxygen atoms in total. The van der Waals surface area contributed by atoms with Crippen LogP contribution in [0.5, 0.6) is 0 Å². The molecule has 3 aromatic carbocycles. The molecule has 47 heavy (non-hydrogen) atoms. The molecule has 252 valence electrons. The number of benzene rings is 3. The number of hydrogen-bond donors (Lipinski definition) is 3. The van der Waals surface area contributed by atoms with Crippen molar-refractivity contribution < 1.29 is 24.2 Å². The molecule has 0 unspecified atom stereocenters. The van der Waals surface area contributed by atoms with Crippen LogP contribution in [0.25, 0.3) is 20.8 Å². The van der Waals surface area contributed by atoms with Crippen molar-refractivity contribution in [2.75, 3.05) is 33.0 Å². The first-order valence-electron chi connectivity index (χ1n) is 16.6. The Balaban J connectivity index is 1.07. The van der Waals surface area contributed by atoms with Gasteiger partial charge in [-0.05, 0) is 67.3 Å². The molecule has 0 saturated heterocycles. The first kappa shape index (κ1) is 36.4. The van der Waals surface area contributed by atoms with Crippen molar-refractivity contribution in [3.05, 3.63) is 89.5 Å². The van der Waals surface area contributed by atoms with Gasteiger partial charge in [-0.25, -0.2) is 4.98 Å². The van der Waals surface area contributed by atoms with Gasteiger partial charge in [0.25, 0.3) is 0 Å². The first-order valence-corrected chi connectivity index (χ1v) is 17.4. The van der Waals surface area contributed by atoms with Crippen LogP contribution in [0.15, 0.2) is 72.8 Å². The molecule has 4 aromatic rings. The number of rotatable bonds is 20. The van der Waals surface area contributed by atoms with E-state index in [-0.39, 0.29) is 18.2 Å². The molecule has 4 rings (SSSR count). The fraction of sp³-hybridized carbons (Fsp3) is 0.447. The van der Waals surface area contributed by atoms with E-state index in [1.165, 1.54) is 15.8 Å². The predicted octanol–water partition coefficient (Wildman–Crippen LogP) is 5.91. The highest BCUT2D eigenvalue weighted by Crippen LogP contribution is 2.31. The van der Waals surface area contributed by atoms with Gasteiger partial charge in [-0.15, -0.1) is 11.3 Å². The van der Waals surface area contributed by atoms with Crippen molar-refractivity contribution in [1.29, 1.82) is 0 Å². The van der Waals surface area contributed by atoms with Gasteiger partial charge in [0.2, 0.25) is 5.91 Å². The van der Waals surface area contributed by atoms with Crippen molar-refractivity contribution in [2.24, 2.45) is 17.6 Å². The standard InChI is InChI=1S/C38H49N3O5S/c1-26(2)22-31(25-34(42)36(43)32(39)24-29-8-5-4-6-9-29)37(44)40-17-19-46-21-20-45-18-7-10-28-12-14-30(15-13-28)38-41-33-16-11-27(3)23-35(33)47-38/h4-6,8-9,11-16,23,26,31-32,36,43H,7,10,17-22,24-25,39H2,1-3H3,(H,40,44)/t31-,32-,36+/m1/s1. The summed E-state index contributed by atoms with van der Waals surface area (Å²) >= 11 is 1.72. The molecule has 0 spiro atoms. The van der Waals surface area contributed by atoms with Crippen LogP contribution in [-0.4, -0.2) is 66.9 Å². The maximum absolute atomic E-state index is 12.9. The number of amides is 1. The van der Waals surface area contributed by atoms with Crippen molar-refractivity contribution in [1.82, 2.24) is 10.3 Å². The van der Waals surface area contributed by atoms with Crippen LogP contribution in [0, 0.1) is 18.8 Å². The third-order valence-electron chi connectivity index (χ3n) is 8.04. The second-order valence-electron chi connectivity index (χ2n) is 12.6. The maximum atomic E-state index is 12.9. The minimum atomic E-state index is -1.32. The molecule has 9 heteroatoms. The molecular weight excluding hydrogens is 611 g/mol. The van der Waals surface area contributed by atoms with E-state index in [0.717, 1.165) is 34.5 Å².